The van der Waals surface area contributed by atoms with Gasteiger partial charge in [-0.05, 0) is 84.7 Å². The van der Waals surface area contributed by atoms with Gasteiger partial charge in [-0.3, -0.25) is 0 Å². The Hall–Kier alpha value is -1.26. The number of rotatable bonds is 24. The first-order valence-electron chi connectivity index (χ1n) is 16.1. The molecule has 0 aromatic heterocycles. The maximum absolute atomic E-state index is 6.64. The number of alkyl halides is 2. The summed E-state index contributed by atoms with van der Waals surface area (Å²) in [6, 6.07) is 13.4. The minimum Gasteiger partial charge on any atom is -0.457 e. The molecular weight excluding hydrogens is 551 g/mol. The first-order chi connectivity index (χ1) is 19.9. The second-order valence-electron chi connectivity index (χ2n) is 12.1. The SMILES string of the molecule is CC(C)CCCCCc1ccc(Oc2ccc(CCCCCC(C)C)cc2CCOCCCl)c(CCOCCCl)c1. The zero-order valence-corrected chi connectivity index (χ0v) is 27.8. The lowest BCUT2D eigenvalue weighted by molar-refractivity contribution is 0.151. The lowest BCUT2D eigenvalue weighted by Gasteiger charge is -2.17. The Morgan fingerprint density at radius 1 is 0.537 bits per heavy atom. The van der Waals surface area contributed by atoms with Gasteiger partial charge in [0.05, 0.1) is 26.4 Å². The van der Waals surface area contributed by atoms with E-state index in [1.165, 1.54) is 73.6 Å². The van der Waals surface area contributed by atoms with Crippen molar-refractivity contribution in [3.63, 3.8) is 0 Å². The summed E-state index contributed by atoms with van der Waals surface area (Å²) in [6.07, 6.45) is 14.1. The predicted molar refractivity (Wildman–Crippen MR) is 177 cm³/mol. The van der Waals surface area contributed by atoms with Crippen molar-refractivity contribution in [1.82, 2.24) is 0 Å². The molecule has 0 aliphatic rings. The first-order valence-corrected chi connectivity index (χ1v) is 17.2. The Labute approximate surface area is 261 Å². The summed E-state index contributed by atoms with van der Waals surface area (Å²) in [4.78, 5) is 0. The van der Waals surface area contributed by atoms with Gasteiger partial charge in [-0.15, -0.1) is 23.2 Å². The van der Waals surface area contributed by atoms with Gasteiger partial charge in [-0.25, -0.2) is 0 Å². The zero-order chi connectivity index (χ0) is 29.7. The van der Waals surface area contributed by atoms with E-state index in [4.69, 9.17) is 37.4 Å². The number of halogens is 2. The van der Waals surface area contributed by atoms with Crippen molar-refractivity contribution in [2.75, 3.05) is 38.2 Å². The van der Waals surface area contributed by atoms with Crippen LogP contribution in [0.25, 0.3) is 0 Å². The van der Waals surface area contributed by atoms with E-state index in [0.717, 1.165) is 49.0 Å². The standard InChI is InChI=1S/C36H56Cl2O3/c1-29(2)11-7-5-9-13-31-15-17-35(33(27-31)19-23-39-25-21-37)41-36-18-16-32(14-10-6-8-12-30(3)4)28-34(36)20-24-40-26-22-38/h15-18,27-30H,5-14,19-26H2,1-4H3. The maximum Gasteiger partial charge on any atom is 0.130 e. The summed E-state index contributed by atoms with van der Waals surface area (Å²) in [6.45, 7) is 11.6. The van der Waals surface area contributed by atoms with E-state index in [0.29, 0.717) is 38.2 Å². The quantitative estimate of drug-likeness (QED) is 0.0878. The smallest absolute Gasteiger partial charge is 0.130 e. The van der Waals surface area contributed by atoms with Gasteiger partial charge in [0, 0.05) is 11.8 Å². The Morgan fingerprint density at radius 3 is 1.37 bits per heavy atom. The van der Waals surface area contributed by atoms with E-state index in [1.807, 2.05) is 0 Å². The number of aryl methyl sites for hydroxylation is 2. The third kappa shape index (κ3) is 16.2. The van der Waals surface area contributed by atoms with Crippen LogP contribution in [0, 0.1) is 11.8 Å². The van der Waals surface area contributed by atoms with Gasteiger partial charge in [0.1, 0.15) is 11.5 Å². The minimum atomic E-state index is 0.513. The van der Waals surface area contributed by atoms with Crippen molar-refractivity contribution in [2.24, 2.45) is 11.8 Å². The largest absolute Gasteiger partial charge is 0.457 e. The molecule has 232 valence electrons. The van der Waals surface area contributed by atoms with E-state index in [2.05, 4.69) is 64.1 Å². The second-order valence-corrected chi connectivity index (χ2v) is 12.8. The number of benzene rings is 2. The monoisotopic (exact) mass is 606 g/mol. The van der Waals surface area contributed by atoms with Crippen LogP contribution >= 0.6 is 23.2 Å². The predicted octanol–water partition coefficient (Wildman–Crippen LogP) is 10.6. The molecule has 0 saturated heterocycles. The Bertz CT molecular complexity index is 869. The third-order valence-electron chi connectivity index (χ3n) is 7.44. The highest BCUT2D eigenvalue weighted by Gasteiger charge is 2.12. The number of unbranched alkanes of at least 4 members (excludes halogenated alkanes) is 4. The summed E-state index contributed by atoms with van der Waals surface area (Å²) in [5.41, 5.74) is 5.13. The van der Waals surface area contributed by atoms with Gasteiger partial charge in [-0.2, -0.15) is 0 Å². The molecule has 0 radical (unpaired) electrons. The van der Waals surface area contributed by atoms with Gasteiger partial charge in [-0.1, -0.05) is 90.5 Å². The molecule has 2 rings (SSSR count). The maximum atomic E-state index is 6.64. The van der Waals surface area contributed by atoms with Crippen LogP contribution in [0.5, 0.6) is 11.5 Å². The normalized spacial score (nSPS) is 11.6. The summed E-state index contributed by atoms with van der Waals surface area (Å²) in [5, 5.41) is 0. The molecule has 0 bridgehead atoms. The van der Waals surface area contributed by atoms with Crippen LogP contribution in [0.4, 0.5) is 0 Å². The zero-order valence-electron chi connectivity index (χ0n) is 26.3. The second kappa shape index (κ2) is 22.3. The highest BCUT2D eigenvalue weighted by atomic mass is 35.5. The molecule has 2 aromatic carbocycles. The molecule has 0 N–H and O–H groups in total. The molecular formula is C36H56Cl2O3. The van der Waals surface area contributed by atoms with Crippen LogP contribution in [-0.2, 0) is 35.2 Å². The molecule has 0 amide bonds. The molecule has 3 nitrogen and oxygen atoms in total. The highest BCUT2D eigenvalue weighted by molar-refractivity contribution is 6.18. The van der Waals surface area contributed by atoms with Crippen LogP contribution in [0.1, 0.15) is 101 Å². The van der Waals surface area contributed by atoms with Crippen molar-refractivity contribution >= 4 is 23.2 Å². The Balaban J connectivity index is 2.14. The average molecular weight is 608 g/mol. The van der Waals surface area contributed by atoms with Gasteiger partial charge >= 0.3 is 0 Å². The topological polar surface area (TPSA) is 27.7 Å². The first kappa shape index (κ1) is 35.9. The van der Waals surface area contributed by atoms with E-state index >= 15 is 0 Å². The van der Waals surface area contributed by atoms with Crippen molar-refractivity contribution in [1.29, 1.82) is 0 Å². The van der Waals surface area contributed by atoms with Gasteiger partial charge in [0.2, 0.25) is 0 Å². The molecule has 0 aliphatic carbocycles. The fourth-order valence-electron chi connectivity index (χ4n) is 5.08. The number of hydrogen-bond donors (Lipinski definition) is 0. The van der Waals surface area contributed by atoms with Crippen LogP contribution in [0.15, 0.2) is 36.4 Å². The van der Waals surface area contributed by atoms with Gasteiger partial charge in [0.25, 0.3) is 0 Å². The van der Waals surface area contributed by atoms with Gasteiger partial charge in [0.15, 0.2) is 0 Å². The molecule has 41 heavy (non-hydrogen) atoms. The molecule has 0 fully saturated rings. The molecule has 0 unspecified atom stereocenters. The molecule has 2 aromatic rings. The van der Waals surface area contributed by atoms with E-state index in [1.54, 1.807) is 0 Å². The summed E-state index contributed by atoms with van der Waals surface area (Å²) < 4.78 is 18.1. The van der Waals surface area contributed by atoms with Crippen molar-refractivity contribution in [2.45, 2.75) is 105 Å². The van der Waals surface area contributed by atoms with E-state index in [9.17, 15) is 0 Å². The highest BCUT2D eigenvalue weighted by Crippen LogP contribution is 2.31. The molecule has 0 aliphatic heterocycles. The Kier molecular flexibility index (Phi) is 19.5. The minimum absolute atomic E-state index is 0.513. The van der Waals surface area contributed by atoms with Crippen molar-refractivity contribution < 1.29 is 14.2 Å². The fourth-order valence-corrected chi connectivity index (χ4v) is 5.30. The number of ether oxygens (including phenoxy) is 3. The average Bonchev–Trinajstić information content (AvgIpc) is 2.95. The van der Waals surface area contributed by atoms with Gasteiger partial charge < -0.3 is 14.2 Å². The molecule has 0 atom stereocenters. The van der Waals surface area contributed by atoms with E-state index in [-0.39, 0.29) is 0 Å². The van der Waals surface area contributed by atoms with Crippen molar-refractivity contribution in [3.05, 3.63) is 58.7 Å². The third-order valence-corrected chi connectivity index (χ3v) is 7.75. The molecule has 0 spiro atoms. The summed E-state index contributed by atoms with van der Waals surface area (Å²) >= 11 is 11.7. The van der Waals surface area contributed by atoms with Crippen LogP contribution < -0.4 is 4.74 Å². The van der Waals surface area contributed by atoms with Crippen molar-refractivity contribution in [3.8, 4) is 11.5 Å². The Morgan fingerprint density at radius 2 is 0.976 bits per heavy atom. The van der Waals surface area contributed by atoms with Crippen LogP contribution in [0.2, 0.25) is 0 Å². The molecule has 0 heterocycles. The summed E-state index contributed by atoms with van der Waals surface area (Å²) in [5.74, 6) is 4.41. The van der Waals surface area contributed by atoms with Crippen LogP contribution in [-0.4, -0.2) is 38.2 Å². The summed E-state index contributed by atoms with van der Waals surface area (Å²) in [7, 11) is 0. The molecule has 5 heteroatoms. The van der Waals surface area contributed by atoms with E-state index < -0.39 is 0 Å². The lowest BCUT2D eigenvalue weighted by atomic mass is 9.99. The number of hydrogen-bond acceptors (Lipinski definition) is 3. The molecule has 0 saturated carbocycles. The lowest BCUT2D eigenvalue weighted by Crippen LogP contribution is -2.05. The fraction of sp³-hybridized carbons (Fsp3) is 0.667. The van der Waals surface area contributed by atoms with Crippen LogP contribution in [0.3, 0.4) is 0 Å².